The van der Waals surface area contributed by atoms with Gasteiger partial charge in [-0.15, -0.1) is 17.9 Å². The molecule has 1 aliphatic rings. The van der Waals surface area contributed by atoms with E-state index < -0.39 is 17.6 Å². The number of rotatable bonds is 0. The molecule has 0 N–H and O–H groups in total. The first-order valence-corrected chi connectivity index (χ1v) is 3.49. The van der Waals surface area contributed by atoms with Crippen LogP contribution in [0.4, 0.5) is 9.59 Å². The van der Waals surface area contributed by atoms with Crippen molar-refractivity contribution in [2.45, 2.75) is 5.50 Å². The molecule has 0 atom stereocenters. The van der Waals surface area contributed by atoms with Gasteiger partial charge in [0, 0.05) is 14.1 Å². The predicted molar refractivity (Wildman–Crippen MR) is 41.2 cm³/mol. The van der Waals surface area contributed by atoms with Crippen LogP contribution < -0.4 is 5.32 Å². The average molecular weight is 174 g/mol. The van der Waals surface area contributed by atoms with Crippen LogP contribution in [0.2, 0.25) is 0 Å². The molecule has 1 saturated heterocycles. The molecule has 1 heterocycles. The van der Waals surface area contributed by atoms with Crippen LogP contribution in [0.1, 0.15) is 0 Å². The Morgan fingerprint density at radius 2 is 1.64 bits per heavy atom. The summed E-state index contributed by atoms with van der Waals surface area (Å²) in [4.78, 5) is 24.2. The lowest BCUT2D eigenvalue weighted by atomic mass is 10.6. The summed E-state index contributed by atoms with van der Waals surface area (Å²) < 4.78 is 0. The molecular weight excluding hydrogens is 166 g/mol. The second kappa shape index (κ2) is 2.61. The van der Waals surface area contributed by atoms with Crippen molar-refractivity contribution in [3.63, 3.8) is 0 Å². The lowest BCUT2D eigenvalue weighted by Gasteiger charge is -2.34. The third-order valence-electron chi connectivity index (χ3n) is 1.49. The minimum atomic E-state index is -0.548. The number of nitrogens with zero attached hydrogens (tertiary/aromatic N) is 3. The number of carbonyl (C=O) groups is 2. The molecule has 0 aromatic carbocycles. The zero-order chi connectivity index (χ0) is 8.59. The zero-order valence-electron chi connectivity index (χ0n) is 6.18. The molecule has 1 aliphatic heterocycles. The van der Waals surface area contributed by atoms with Gasteiger partial charge in [0.05, 0.1) is 0 Å². The van der Waals surface area contributed by atoms with Gasteiger partial charge in [-0.2, -0.15) is 0 Å². The lowest BCUT2D eigenvalue weighted by Crippen LogP contribution is -2.57. The summed E-state index contributed by atoms with van der Waals surface area (Å²) in [5.41, 5.74) is -0.507. The summed E-state index contributed by atoms with van der Waals surface area (Å²) >= 11 is 4.02. The van der Waals surface area contributed by atoms with Gasteiger partial charge in [0.25, 0.3) is 0 Å². The zero-order valence-corrected chi connectivity index (χ0v) is 7.08. The molecule has 0 saturated carbocycles. The molecule has 6 heteroatoms. The van der Waals surface area contributed by atoms with Crippen molar-refractivity contribution in [2.75, 3.05) is 14.1 Å². The summed E-state index contributed by atoms with van der Waals surface area (Å²) in [6.07, 6.45) is 0. The first-order valence-electron chi connectivity index (χ1n) is 2.97. The largest absolute Gasteiger partial charge is 0.350 e. The van der Waals surface area contributed by atoms with Crippen LogP contribution >= 0.6 is 12.6 Å². The second-order valence-electron chi connectivity index (χ2n) is 2.25. The Bertz CT molecular complexity index is 188. The fourth-order valence-electron chi connectivity index (χ4n) is 0.697. The highest BCUT2D eigenvalue weighted by Crippen LogP contribution is 2.11. The average Bonchev–Trinajstić information content (AvgIpc) is 1.97. The Hall–Kier alpha value is -0.910. The van der Waals surface area contributed by atoms with E-state index in [1.165, 1.54) is 23.9 Å². The van der Waals surface area contributed by atoms with E-state index in [0.29, 0.717) is 0 Å². The highest BCUT2D eigenvalue weighted by atomic mass is 32.1. The van der Waals surface area contributed by atoms with Crippen molar-refractivity contribution in [1.82, 2.24) is 15.1 Å². The minimum Gasteiger partial charge on any atom is -0.296 e. The van der Waals surface area contributed by atoms with E-state index >= 15 is 0 Å². The van der Waals surface area contributed by atoms with E-state index in [1.54, 1.807) is 0 Å². The van der Waals surface area contributed by atoms with Gasteiger partial charge in [0.1, 0.15) is 0 Å². The van der Waals surface area contributed by atoms with Crippen molar-refractivity contribution < 1.29 is 9.59 Å². The van der Waals surface area contributed by atoms with Gasteiger partial charge < -0.3 is 0 Å². The Balaban J connectivity index is 2.78. The van der Waals surface area contributed by atoms with E-state index in [4.69, 9.17) is 0 Å². The van der Waals surface area contributed by atoms with Gasteiger partial charge in [-0.05, 0) is 0 Å². The van der Waals surface area contributed by atoms with Crippen molar-refractivity contribution in [2.24, 2.45) is 0 Å². The Kier molecular flexibility index (Phi) is 1.95. The topological polar surface area (TPSA) is 54.7 Å². The first-order chi connectivity index (χ1) is 5.04. The van der Waals surface area contributed by atoms with E-state index in [1.807, 2.05) is 0 Å². The molecule has 0 aromatic heterocycles. The molecule has 0 spiro atoms. The molecule has 4 amide bonds. The summed E-state index contributed by atoms with van der Waals surface area (Å²) in [7, 11) is 3.07. The number of hydrogen-bond acceptors (Lipinski definition) is 3. The van der Waals surface area contributed by atoms with Crippen molar-refractivity contribution >= 4 is 24.7 Å². The Labute approximate surface area is 69.7 Å². The maximum Gasteiger partial charge on any atom is 0.350 e. The van der Waals surface area contributed by atoms with Crippen molar-refractivity contribution in [3.05, 3.63) is 0 Å². The van der Waals surface area contributed by atoms with Gasteiger partial charge in [-0.1, -0.05) is 0 Å². The summed E-state index contributed by atoms with van der Waals surface area (Å²) in [5, 5.41) is 3.22. The van der Waals surface area contributed by atoms with E-state index in [-0.39, 0.29) is 0 Å². The maximum atomic E-state index is 10.8. The molecule has 0 aliphatic carbocycles. The normalized spacial score (nSPS) is 20.6. The summed E-state index contributed by atoms with van der Waals surface area (Å²) in [6.45, 7) is 0. The fraction of sp³-hybridized carbons (Fsp3) is 0.600. The second-order valence-corrected chi connectivity index (χ2v) is 2.71. The van der Waals surface area contributed by atoms with E-state index in [9.17, 15) is 9.59 Å². The van der Waals surface area contributed by atoms with Crippen LogP contribution in [0, 0.1) is 0 Å². The van der Waals surface area contributed by atoms with E-state index in [2.05, 4.69) is 17.9 Å². The number of amides is 4. The molecule has 1 rings (SSSR count). The predicted octanol–water partition coefficient (Wildman–Crippen LogP) is -0.0786. The molecular formula is C5H8N3O2S. The quantitative estimate of drug-likeness (QED) is 0.522. The van der Waals surface area contributed by atoms with Crippen molar-refractivity contribution in [1.29, 1.82) is 0 Å². The van der Waals surface area contributed by atoms with Gasteiger partial charge >= 0.3 is 12.1 Å². The van der Waals surface area contributed by atoms with Crippen LogP contribution in [0.5, 0.6) is 0 Å². The van der Waals surface area contributed by atoms with Crippen LogP contribution in [0.15, 0.2) is 0 Å². The maximum absolute atomic E-state index is 10.8. The molecule has 1 fully saturated rings. The third-order valence-corrected chi connectivity index (χ3v) is 2.18. The van der Waals surface area contributed by atoms with Gasteiger partial charge in [0.2, 0.25) is 0 Å². The standard InChI is InChI=1S/C5H8N3O2S/c1-7-3(9)6-4(10)8(2)5(7)11/h5,11H,1-2H3. The van der Waals surface area contributed by atoms with Gasteiger partial charge in [0.15, 0.2) is 5.50 Å². The number of thiol groups is 1. The fourth-order valence-corrected chi connectivity index (χ4v) is 0.894. The highest BCUT2D eigenvalue weighted by molar-refractivity contribution is 7.80. The van der Waals surface area contributed by atoms with Crippen LogP contribution in [-0.4, -0.2) is 41.5 Å². The Morgan fingerprint density at radius 3 is 2.00 bits per heavy atom. The lowest BCUT2D eigenvalue weighted by molar-refractivity contribution is 0.132. The highest BCUT2D eigenvalue weighted by Gasteiger charge is 2.32. The molecule has 11 heavy (non-hydrogen) atoms. The number of carbonyl (C=O) groups excluding carboxylic acids is 2. The summed E-state index contributed by atoms with van der Waals surface area (Å²) in [6, 6.07) is -1.10. The molecule has 1 radical (unpaired) electrons. The smallest absolute Gasteiger partial charge is 0.296 e. The monoisotopic (exact) mass is 174 g/mol. The number of urea groups is 2. The molecule has 5 nitrogen and oxygen atoms in total. The number of hydrogen-bond donors (Lipinski definition) is 1. The molecule has 0 bridgehead atoms. The van der Waals surface area contributed by atoms with Crippen LogP contribution in [0.3, 0.4) is 0 Å². The first kappa shape index (κ1) is 8.19. The van der Waals surface area contributed by atoms with Crippen molar-refractivity contribution in [3.8, 4) is 0 Å². The van der Waals surface area contributed by atoms with E-state index in [0.717, 1.165) is 0 Å². The Morgan fingerprint density at radius 1 is 1.27 bits per heavy atom. The van der Waals surface area contributed by atoms with Gasteiger partial charge in [-0.3, -0.25) is 9.80 Å². The molecule has 0 unspecified atom stereocenters. The minimum absolute atomic E-state index is 0.507. The van der Waals surface area contributed by atoms with Crippen LogP contribution in [-0.2, 0) is 0 Å². The SMILES string of the molecule is CN1C(=O)[N]C(=O)N(C)C1S. The number of imide groups is 1. The van der Waals surface area contributed by atoms with Gasteiger partial charge in [-0.25, -0.2) is 9.59 Å². The van der Waals surface area contributed by atoms with Crippen LogP contribution in [0.25, 0.3) is 0 Å². The third kappa shape index (κ3) is 1.25. The summed E-state index contributed by atoms with van der Waals surface area (Å²) in [5.74, 6) is 0. The molecule has 61 valence electrons. The molecule has 0 aromatic rings.